The predicted molar refractivity (Wildman–Crippen MR) is 82.0 cm³/mol. The van der Waals surface area contributed by atoms with E-state index in [1.807, 2.05) is 37.3 Å². The average Bonchev–Trinajstić information content (AvgIpc) is 2.49. The molecule has 0 radical (unpaired) electrons. The number of aromatic nitrogens is 1. The summed E-state index contributed by atoms with van der Waals surface area (Å²) in [5.74, 6) is 0. The molecule has 3 N–H and O–H groups in total. The Morgan fingerprint density at radius 2 is 2.00 bits per heavy atom. The molecule has 0 spiro atoms. The molecule has 1 atom stereocenters. The van der Waals surface area contributed by atoms with Crippen LogP contribution >= 0.6 is 0 Å². The number of rotatable bonds is 4. The van der Waals surface area contributed by atoms with Gasteiger partial charge in [0, 0.05) is 18.1 Å². The summed E-state index contributed by atoms with van der Waals surface area (Å²) in [4.78, 5) is 15.9. The van der Waals surface area contributed by atoms with Crippen LogP contribution in [0.25, 0.3) is 0 Å². The third kappa shape index (κ3) is 4.03. The highest BCUT2D eigenvalue weighted by atomic mass is 16.3. The molecule has 2 rings (SSSR count). The Labute approximate surface area is 124 Å². The summed E-state index contributed by atoms with van der Waals surface area (Å²) in [6, 6.07) is 10.6. The van der Waals surface area contributed by atoms with Crippen LogP contribution in [0.3, 0.4) is 0 Å². The number of aliphatic hydroxyl groups is 1. The van der Waals surface area contributed by atoms with Gasteiger partial charge >= 0.3 is 6.03 Å². The number of hydrogen-bond acceptors (Lipinski definition) is 3. The third-order valence-corrected chi connectivity index (χ3v) is 3.26. The molecule has 0 aliphatic rings. The molecule has 1 aromatic heterocycles. The maximum atomic E-state index is 11.9. The van der Waals surface area contributed by atoms with E-state index in [2.05, 4.69) is 15.6 Å². The highest BCUT2D eigenvalue weighted by molar-refractivity contribution is 5.89. The van der Waals surface area contributed by atoms with Crippen LogP contribution in [0.4, 0.5) is 10.5 Å². The van der Waals surface area contributed by atoms with E-state index in [0.29, 0.717) is 5.69 Å². The van der Waals surface area contributed by atoms with Gasteiger partial charge in [0.1, 0.15) is 5.60 Å². The molecule has 110 valence electrons. The minimum absolute atomic E-state index is 0.118. The monoisotopic (exact) mass is 285 g/mol. The van der Waals surface area contributed by atoms with Crippen LogP contribution in [-0.2, 0) is 5.60 Å². The van der Waals surface area contributed by atoms with E-state index in [4.69, 9.17) is 0 Å². The molecule has 5 nitrogen and oxygen atoms in total. The molecule has 1 aromatic carbocycles. The van der Waals surface area contributed by atoms with Gasteiger partial charge in [-0.3, -0.25) is 4.98 Å². The average molecular weight is 285 g/mol. The zero-order valence-electron chi connectivity index (χ0n) is 12.1. The van der Waals surface area contributed by atoms with Gasteiger partial charge in [-0.15, -0.1) is 0 Å². The van der Waals surface area contributed by atoms with Crippen molar-refractivity contribution < 1.29 is 9.90 Å². The van der Waals surface area contributed by atoms with Crippen molar-refractivity contribution in [2.24, 2.45) is 0 Å². The highest BCUT2D eigenvalue weighted by Crippen LogP contribution is 2.19. The third-order valence-electron chi connectivity index (χ3n) is 3.26. The summed E-state index contributed by atoms with van der Waals surface area (Å²) >= 11 is 0. The number of amides is 2. The zero-order chi connectivity index (χ0) is 15.3. The Bertz CT molecular complexity index is 612. The quantitative estimate of drug-likeness (QED) is 0.807. The van der Waals surface area contributed by atoms with Gasteiger partial charge in [0.05, 0.1) is 6.54 Å². The normalized spacial score (nSPS) is 13.3. The van der Waals surface area contributed by atoms with Crippen LogP contribution in [0.2, 0.25) is 0 Å². The van der Waals surface area contributed by atoms with Crippen molar-refractivity contribution in [2.45, 2.75) is 19.4 Å². The van der Waals surface area contributed by atoms with E-state index in [1.165, 1.54) is 0 Å². The van der Waals surface area contributed by atoms with Crippen LogP contribution in [0, 0.1) is 6.92 Å². The maximum Gasteiger partial charge on any atom is 0.319 e. The summed E-state index contributed by atoms with van der Waals surface area (Å²) in [6.07, 6.45) is 3.29. The first-order valence-corrected chi connectivity index (χ1v) is 6.72. The smallest absolute Gasteiger partial charge is 0.319 e. The lowest BCUT2D eigenvalue weighted by atomic mass is 9.96. The number of urea groups is 1. The second-order valence-corrected chi connectivity index (χ2v) is 5.14. The first kappa shape index (κ1) is 15.0. The van der Waals surface area contributed by atoms with Gasteiger partial charge in [-0.2, -0.15) is 0 Å². The predicted octanol–water partition coefficient (Wildman–Crippen LogP) is 2.42. The fourth-order valence-electron chi connectivity index (χ4n) is 1.93. The van der Waals surface area contributed by atoms with Crippen LogP contribution in [0.5, 0.6) is 0 Å². The van der Waals surface area contributed by atoms with Crippen molar-refractivity contribution in [3.8, 4) is 0 Å². The molecule has 0 fully saturated rings. The number of nitrogens with one attached hydrogen (secondary N) is 2. The number of hydrogen-bond donors (Lipinski definition) is 3. The number of pyridine rings is 1. The van der Waals surface area contributed by atoms with E-state index in [1.54, 1.807) is 25.4 Å². The van der Waals surface area contributed by atoms with E-state index in [-0.39, 0.29) is 12.6 Å². The van der Waals surface area contributed by atoms with Gasteiger partial charge < -0.3 is 15.7 Å². The van der Waals surface area contributed by atoms with Gasteiger partial charge in [-0.25, -0.2) is 4.79 Å². The van der Waals surface area contributed by atoms with Gasteiger partial charge in [0.15, 0.2) is 0 Å². The topological polar surface area (TPSA) is 74.2 Å². The lowest BCUT2D eigenvalue weighted by Gasteiger charge is -2.24. The van der Waals surface area contributed by atoms with Crippen molar-refractivity contribution in [1.29, 1.82) is 0 Å². The number of anilines is 1. The molecule has 0 aliphatic carbocycles. The van der Waals surface area contributed by atoms with Crippen LogP contribution in [-0.4, -0.2) is 22.7 Å². The van der Waals surface area contributed by atoms with Gasteiger partial charge in [0.2, 0.25) is 0 Å². The molecular weight excluding hydrogens is 266 g/mol. The number of carbonyl (C=O) groups excluding carboxylic acids is 1. The molecule has 0 saturated heterocycles. The molecule has 2 amide bonds. The second kappa shape index (κ2) is 6.37. The van der Waals surface area contributed by atoms with Crippen LogP contribution in [0.1, 0.15) is 18.1 Å². The Balaban J connectivity index is 1.94. The minimum Gasteiger partial charge on any atom is -0.384 e. The molecule has 1 heterocycles. The van der Waals surface area contributed by atoms with Crippen molar-refractivity contribution >= 4 is 11.7 Å². The van der Waals surface area contributed by atoms with Crippen molar-refractivity contribution in [3.05, 3.63) is 59.9 Å². The first-order chi connectivity index (χ1) is 9.99. The lowest BCUT2D eigenvalue weighted by molar-refractivity contribution is 0.0599. The first-order valence-electron chi connectivity index (χ1n) is 6.72. The van der Waals surface area contributed by atoms with Gasteiger partial charge in [0.25, 0.3) is 0 Å². The number of carbonyl (C=O) groups is 1. The van der Waals surface area contributed by atoms with Crippen LogP contribution < -0.4 is 10.6 Å². The number of benzene rings is 1. The van der Waals surface area contributed by atoms with Crippen LogP contribution in [0.15, 0.2) is 48.8 Å². The van der Waals surface area contributed by atoms with Crippen molar-refractivity contribution in [3.63, 3.8) is 0 Å². The summed E-state index contributed by atoms with van der Waals surface area (Å²) < 4.78 is 0. The Morgan fingerprint density at radius 3 is 2.67 bits per heavy atom. The minimum atomic E-state index is -1.12. The van der Waals surface area contributed by atoms with Crippen molar-refractivity contribution in [2.75, 3.05) is 11.9 Å². The van der Waals surface area contributed by atoms with Crippen molar-refractivity contribution in [1.82, 2.24) is 10.3 Å². The molecule has 2 aromatic rings. The standard InChI is InChI=1S/C16H19N3O2/c1-12-10-17-9-8-14(12)19-15(20)18-11-16(2,21)13-6-4-3-5-7-13/h3-10,21H,11H2,1-2H3,(H2,17,18,19,20). The summed E-state index contributed by atoms with van der Waals surface area (Å²) in [6.45, 7) is 3.65. The molecule has 0 bridgehead atoms. The van der Waals surface area contributed by atoms with E-state index in [0.717, 1.165) is 11.1 Å². The Hall–Kier alpha value is -2.40. The summed E-state index contributed by atoms with van der Waals surface area (Å²) in [5, 5.41) is 15.8. The fraction of sp³-hybridized carbons (Fsp3) is 0.250. The molecule has 21 heavy (non-hydrogen) atoms. The Morgan fingerprint density at radius 1 is 1.29 bits per heavy atom. The van der Waals surface area contributed by atoms with E-state index < -0.39 is 5.60 Å². The van der Waals surface area contributed by atoms with Gasteiger partial charge in [-0.1, -0.05) is 30.3 Å². The molecule has 0 saturated carbocycles. The highest BCUT2D eigenvalue weighted by Gasteiger charge is 2.23. The van der Waals surface area contributed by atoms with E-state index >= 15 is 0 Å². The number of nitrogens with zero attached hydrogens (tertiary/aromatic N) is 1. The maximum absolute atomic E-state index is 11.9. The van der Waals surface area contributed by atoms with E-state index in [9.17, 15) is 9.90 Å². The Kier molecular flexibility index (Phi) is 4.55. The summed E-state index contributed by atoms with van der Waals surface area (Å²) in [5.41, 5.74) is 1.21. The largest absolute Gasteiger partial charge is 0.384 e. The second-order valence-electron chi connectivity index (χ2n) is 5.14. The molecule has 5 heteroatoms. The fourth-order valence-corrected chi connectivity index (χ4v) is 1.93. The zero-order valence-corrected chi connectivity index (χ0v) is 12.1. The summed E-state index contributed by atoms with van der Waals surface area (Å²) in [7, 11) is 0. The molecular formula is C16H19N3O2. The molecule has 1 unspecified atom stereocenters. The van der Waals surface area contributed by atoms with Gasteiger partial charge in [-0.05, 0) is 31.0 Å². The SMILES string of the molecule is Cc1cnccc1NC(=O)NCC(C)(O)c1ccccc1. The molecule has 0 aliphatic heterocycles. The lowest BCUT2D eigenvalue weighted by Crippen LogP contribution is -2.40. The number of aryl methyl sites for hydroxylation is 1.